The number of nitrogen functional groups attached to an aromatic ring is 2. The first-order valence-corrected chi connectivity index (χ1v) is 11.7. The van der Waals surface area contributed by atoms with Gasteiger partial charge in [0.25, 0.3) is 5.91 Å². The van der Waals surface area contributed by atoms with Gasteiger partial charge < -0.3 is 32.3 Å². The van der Waals surface area contributed by atoms with E-state index in [1.165, 1.54) is 18.2 Å². The van der Waals surface area contributed by atoms with Crippen LogP contribution in [-0.2, 0) is 16.1 Å². The molecule has 0 aliphatic carbocycles. The molecule has 0 saturated carbocycles. The predicted molar refractivity (Wildman–Crippen MR) is 141 cm³/mol. The van der Waals surface area contributed by atoms with Crippen molar-refractivity contribution in [3.63, 3.8) is 0 Å². The van der Waals surface area contributed by atoms with Gasteiger partial charge in [-0.25, -0.2) is 14.2 Å². The second-order valence-electron chi connectivity index (χ2n) is 8.54. The van der Waals surface area contributed by atoms with Crippen LogP contribution < -0.4 is 22.1 Å². The third-order valence-corrected chi connectivity index (χ3v) is 5.82. The minimum absolute atomic E-state index is 0.0569. The fourth-order valence-corrected chi connectivity index (χ4v) is 3.86. The van der Waals surface area contributed by atoms with Gasteiger partial charge in [-0.2, -0.15) is 9.97 Å². The van der Waals surface area contributed by atoms with Gasteiger partial charge in [-0.15, -0.1) is 0 Å². The molecule has 8 N–H and O–H groups in total. The van der Waals surface area contributed by atoms with Crippen LogP contribution in [0.15, 0.2) is 54.6 Å². The van der Waals surface area contributed by atoms with Crippen LogP contribution in [0.2, 0.25) is 0 Å². The Morgan fingerprint density at radius 1 is 0.974 bits per heavy atom. The fraction of sp³-hybridized carbons (Fsp3) is 0.154. The number of anilines is 3. The lowest BCUT2D eigenvalue weighted by atomic mass is 10.0. The molecule has 13 heteroatoms. The molecule has 0 fully saturated rings. The molecule has 0 spiro atoms. The van der Waals surface area contributed by atoms with Crippen molar-refractivity contribution in [2.75, 3.05) is 16.8 Å². The summed E-state index contributed by atoms with van der Waals surface area (Å²) < 4.78 is 14.7. The SMILES string of the molecule is Nc1nc(N)c2cc(CNc3ccc(C(=O)N[C@@H](CCC(=O)O)C(=O)O)cc3)c(-c3ccccc3F)nc2n1. The molecule has 0 unspecified atom stereocenters. The van der Waals surface area contributed by atoms with Crippen LogP contribution in [0.1, 0.15) is 28.8 Å². The third-order valence-electron chi connectivity index (χ3n) is 5.82. The Morgan fingerprint density at radius 2 is 1.69 bits per heavy atom. The van der Waals surface area contributed by atoms with Crippen molar-refractivity contribution in [1.82, 2.24) is 20.3 Å². The number of fused-ring (bicyclic) bond motifs is 1. The summed E-state index contributed by atoms with van der Waals surface area (Å²) in [5.74, 6) is -3.55. The van der Waals surface area contributed by atoms with E-state index in [-0.39, 0.29) is 41.5 Å². The van der Waals surface area contributed by atoms with E-state index in [4.69, 9.17) is 16.6 Å². The average Bonchev–Trinajstić information content (AvgIpc) is 2.89. The van der Waals surface area contributed by atoms with Crippen molar-refractivity contribution >= 4 is 46.3 Å². The van der Waals surface area contributed by atoms with Gasteiger partial charge in [0.15, 0.2) is 5.65 Å². The van der Waals surface area contributed by atoms with Gasteiger partial charge in [0.2, 0.25) is 5.95 Å². The number of aromatic nitrogens is 3. The van der Waals surface area contributed by atoms with Crippen molar-refractivity contribution in [2.45, 2.75) is 25.4 Å². The molecular weight excluding hydrogens is 509 g/mol. The first-order valence-electron chi connectivity index (χ1n) is 11.7. The lowest BCUT2D eigenvalue weighted by Gasteiger charge is -2.15. The number of aliphatic carboxylic acids is 2. The highest BCUT2D eigenvalue weighted by Gasteiger charge is 2.22. The number of pyridine rings is 1. The van der Waals surface area contributed by atoms with Crippen LogP contribution in [0.4, 0.5) is 21.8 Å². The molecule has 1 atom stereocenters. The summed E-state index contributed by atoms with van der Waals surface area (Å²) in [4.78, 5) is 47.2. The van der Waals surface area contributed by atoms with E-state index in [1.54, 1.807) is 36.4 Å². The van der Waals surface area contributed by atoms with Crippen LogP contribution in [0.3, 0.4) is 0 Å². The molecule has 0 aliphatic rings. The molecule has 2 heterocycles. The molecule has 0 aliphatic heterocycles. The van der Waals surface area contributed by atoms with Gasteiger partial charge in [0.1, 0.15) is 17.7 Å². The lowest BCUT2D eigenvalue weighted by molar-refractivity contribution is -0.140. The lowest BCUT2D eigenvalue weighted by Crippen LogP contribution is -2.41. The maximum Gasteiger partial charge on any atom is 0.326 e. The number of carboxylic acid groups (broad SMARTS) is 2. The Balaban J connectivity index is 1.55. The van der Waals surface area contributed by atoms with Gasteiger partial charge in [-0.3, -0.25) is 9.59 Å². The molecule has 200 valence electrons. The van der Waals surface area contributed by atoms with Gasteiger partial charge in [-0.1, -0.05) is 12.1 Å². The highest BCUT2D eigenvalue weighted by Crippen LogP contribution is 2.29. The van der Waals surface area contributed by atoms with E-state index in [0.29, 0.717) is 22.3 Å². The molecular formula is C26H24FN7O5. The Labute approximate surface area is 220 Å². The van der Waals surface area contributed by atoms with E-state index in [9.17, 15) is 23.9 Å². The van der Waals surface area contributed by atoms with E-state index in [2.05, 4.69) is 25.6 Å². The van der Waals surface area contributed by atoms with Crippen LogP contribution in [0.5, 0.6) is 0 Å². The van der Waals surface area contributed by atoms with Crippen molar-refractivity contribution in [3.05, 3.63) is 71.5 Å². The molecule has 0 bridgehead atoms. The van der Waals surface area contributed by atoms with E-state index in [0.717, 1.165) is 0 Å². The predicted octanol–water partition coefficient (Wildman–Crippen LogP) is 2.66. The number of benzene rings is 2. The number of halogens is 1. The third kappa shape index (κ3) is 6.33. The first kappa shape index (κ1) is 26.7. The molecule has 12 nitrogen and oxygen atoms in total. The number of nitrogens with one attached hydrogen (secondary N) is 2. The summed E-state index contributed by atoms with van der Waals surface area (Å²) in [6.07, 6.45) is -0.647. The smallest absolute Gasteiger partial charge is 0.326 e. The van der Waals surface area contributed by atoms with E-state index in [1.807, 2.05) is 0 Å². The number of carbonyl (C=O) groups is 3. The highest BCUT2D eigenvalue weighted by atomic mass is 19.1. The molecule has 4 rings (SSSR count). The summed E-state index contributed by atoms with van der Waals surface area (Å²) in [6, 6.07) is 12.7. The quantitative estimate of drug-likeness (QED) is 0.175. The molecule has 2 aromatic carbocycles. The largest absolute Gasteiger partial charge is 0.481 e. The maximum atomic E-state index is 14.7. The zero-order valence-electron chi connectivity index (χ0n) is 20.4. The maximum absolute atomic E-state index is 14.7. The molecule has 1 amide bonds. The molecule has 39 heavy (non-hydrogen) atoms. The number of nitrogens with two attached hydrogens (primary N) is 2. The topological polar surface area (TPSA) is 206 Å². The van der Waals surface area contributed by atoms with Crippen LogP contribution >= 0.6 is 0 Å². The highest BCUT2D eigenvalue weighted by molar-refractivity contribution is 5.97. The van der Waals surface area contributed by atoms with Crippen LogP contribution in [0.25, 0.3) is 22.3 Å². The standard InChI is InChI=1S/C26H24FN7O5/c27-18-4-2-1-3-16(18)21-14(11-17-22(28)33-26(29)34-23(17)32-21)12-30-15-7-5-13(6-8-15)24(37)31-19(25(38)39)9-10-20(35)36/h1-8,11,19,30H,9-10,12H2,(H,31,37)(H,35,36)(H,38,39)(H4,28,29,32,33,34)/t19-/m0/s1. The van der Waals surface area contributed by atoms with E-state index >= 15 is 0 Å². The van der Waals surface area contributed by atoms with E-state index < -0.39 is 36.1 Å². The number of hydrogen-bond donors (Lipinski definition) is 6. The zero-order chi connectivity index (χ0) is 28.1. The number of carboxylic acids is 2. The number of carbonyl (C=O) groups excluding carboxylic acids is 1. The second-order valence-corrected chi connectivity index (χ2v) is 8.54. The Hall–Kier alpha value is -5.33. The van der Waals surface area contributed by atoms with Gasteiger partial charge in [-0.05, 0) is 54.4 Å². The van der Waals surface area contributed by atoms with Gasteiger partial charge >= 0.3 is 11.9 Å². The molecule has 4 aromatic rings. The summed E-state index contributed by atoms with van der Waals surface area (Å²) >= 11 is 0. The van der Waals surface area contributed by atoms with Crippen molar-refractivity contribution in [2.24, 2.45) is 0 Å². The van der Waals surface area contributed by atoms with Crippen molar-refractivity contribution < 1.29 is 29.0 Å². The number of hydrogen-bond acceptors (Lipinski definition) is 9. The van der Waals surface area contributed by atoms with Crippen molar-refractivity contribution in [1.29, 1.82) is 0 Å². The Kier molecular flexibility index (Phi) is 7.80. The summed E-state index contributed by atoms with van der Waals surface area (Å²) in [5, 5.41) is 24.0. The minimum Gasteiger partial charge on any atom is -0.481 e. The number of nitrogens with zero attached hydrogens (tertiary/aromatic N) is 3. The first-order chi connectivity index (χ1) is 18.6. The summed E-state index contributed by atoms with van der Waals surface area (Å²) in [7, 11) is 0. The minimum atomic E-state index is -1.34. The summed E-state index contributed by atoms with van der Waals surface area (Å²) in [5.41, 5.74) is 13.9. The van der Waals surface area contributed by atoms with Gasteiger partial charge in [0, 0.05) is 29.8 Å². The number of rotatable bonds is 10. The Bertz CT molecular complexity index is 1560. The Morgan fingerprint density at radius 3 is 2.36 bits per heavy atom. The monoisotopic (exact) mass is 533 g/mol. The molecule has 0 radical (unpaired) electrons. The van der Waals surface area contributed by atoms with Crippen LogP contribution in [0, 0.1) is 5.82 Å². The fourth-order valence-electron chi connectivity index (χ4n) is 3.86. The summed E-state index contributed by atoms with van der Waals surface area (Å²) in [6.45, 7) is 0.193. The average molecular weight is 534 g/mol. The zero-order valence-corrected chi connectivity index (χ0v) is 20.4. The number of amides is 1. The second kappa shape index (κ2) is 11.4. The van der Waals surface area contributed by atoms with Crippen LogP contribution in [-0.4, -0.2) is 49.1 Å². The molecule has 0 saturated heterocycles. The molecule has 2 aromatic heterocycles. The normalized spacial score (nSPS) is 11.6. The van der Waals surface area contributed by atoms with Crippen molar-refractivity contribution in [3.8, 4) is 11.3 Å². The van der Waals surface area contributed by atoms with Gasteiger partial charge in [0.05, 0.1) is 11.1 Å².